The number of hydrogen-bond acceptors (Lipinski definition) is 2. The lowest BCUT2D eigenvalue weighted by molar-refractivity contribution is 0.661. The summed E-state index contributed by atoms with van der Waals surface area (Å²) in [5.74, 6) is 0. The van der Waals surface area contributed by atoms with E-state index in [4.69, 9.17) is 0 Å². The minimum absolute atomic E-state index is 0.103. The number of rotatable bonds is 6. The van der Waals surface area contributed by atoms with Gasteiger partial charge in [-0.2, -0.15) is 0 Å². The van der Waals surface area contributed by atoms with Crippen LogP contribution < -0.4 is 21.1 Å². The van der Waals surface area contributed by atoms with Crippen LogP contribution in [0.3, 0.4) is 0 Å². The molecule has 1 N–H and O–H groups in total. The Labute approximate surface area is 322 Å². The van der Waals surface area contributed by atoms with E-state index in [0.29, 0.717) is 0 Å². The third kappa shape index (κ3) is 4.78. The molecule has 0 atom stereocenters. The largest absolute Gasteiger partial charge is 0.355 e. The molecule has 0 unspecified atom stereocenters. The van der Waals surface area contributed by atoms with Gasteiger partial charge in [0.1, 0.15) is 0 Å². The van der Waals surface area contributed by atoms with Crippen molar-refractivity contribution in [3.8, 4) is 27.9 Å². The van der Waals surface area contributed by atoms with E-state index in [1.165, 1.54) is 66.2 Å². The Hall–Kier alpha value is -6.78. The van der Waals surface area contributed by atoms with Crippen molar-refractivity contribution in [1.82, 2.24) is 4.57 Å². The number of aromatic nitrogens is 1. The van der Waals surface area contributed by atoms with Gasteiger partial charge in [0.15, 0.2) is 7.28 Å². The molecule has 11 rings (SSSR count). The smallest absolute Gasteiger partial charge is 0.197 e. The SMILES string of the molecule is CC1(C)c2ccccc2-c2cc3c(cc21)[B]c1c(-c2ccccc2Nc2ccccc2)cc(N(c2ccccc2)c2ccccc2)c2c4ccccc4n-3c12. The third-order valence-electron chi connectivity index (χ3n) is 11.8. The predicted molar refractivity (Wildman–Crippen MR) is 233 cm³/mol. The lowest BCUT2D eigenvalue weighted by Crippen LogP contribution is -2.38. The van der Waals surface area contributed by atoms with Crippen molar-refractivity contribution in [3.05, 3.63) is 193 Å². The molecule has 1 aromatic heterocycles. The van der Waals surface area contributed by atoms with Crippen molar-refractivity contribution in [1.29, 1.82) is 0 Å². The van der Waals surface area contributed by atoms with Crippen molar-refractivity contribution in [2.75, 3.05) is 10.2 Å². The molecule has 4 heteroatoms. The molecule has 9 aromatic rings. The van der Waals surface area contributed by atoms with Crippen LogP contribution in [0, 0.1) is 0 Å². The Morgan fingerprint density at radius 2 is 1.16 bits per heavy atom. The Balaban J connectivity index is 1.28. The Kier molecular flexibility index (Phi) is 6.99. The lowest BCUT2D eigenvalue weighted by Gasteiger charge is -2.30. The van der Waals surface area contributed by atoms with Gasteiger partial charge in [0.2, 0.25) is 0 Å². The van der Waals surface area contributed by atoms with Crippen LogP contribution in [-0.4, -0.2) is 11.8 Å². The van der Waals surface area contributed by atoms with Gasteiger partial charge < -0.3 is 14.8 Å². The monoisotopic (exact) mass is 702 g/mol. The average Bonchev–Trinajstić information content (AvgIpc) is 3.69. The maximum Gasteiger partial charge on any atom is 0.197 e. The number of fused-ring (bicyclic) bond motifs is 8. The van der Waals surface area contributed by atoms with Gasteiger partial charge in [-0.1, -0.05) is 141 Å². The quantitative estimate of drug-likeness (QED) is 0.174. The van der Waals surface area contributed by atoms with E-state index in [9.17, 15) is 0 Å². The first-order valence-corrected chi connectivity index (χ1v) is 19.1. The van der Waals surface area contributed by atoms with E-state index in [1.54, 1.807) is 0 Å². The number of para-hydroxylation sites is 5. The highest BCUT2D eigenvalue weighted by Crippen LogP contribution is 2.51. The van der Waals surface area contributed by atoms with Crippen molar-refractivity contribution < 1.29 is 0 Å². The lowest BCUT2D eigenvalue weighted by atomic mass is 9.58. The molecular weight excluding hydrogens is 665 g/mol. The highest BCUT2D eigenvalue weighted by Gasteiger charge is 2.38. The number of nitrogens with zero attached hydrogens (tertiary/aromatic N) is 2. The molecule has 0 spiro atoms. The summed E-state index contributed by atoms with van der Waals surface area (Å²) >= 11 is 0. The second kappa shape index (κ2) is 12.1. The number of benzene rings is 8. The van der Waals surface area contributed by atoms with Crippen LogP contribution in [0.2, 0.25) is 0 Å². The Morgan fingerprint density at radius 3 is 1.91 bits per heavy atom. The summed E-state index contributed by atoms with van der Waals surface area (Å²) in [5, 5.41) is 6.25. The Morgan fingerprint density at radius 1 is 0.545 bits per heavy atom. The first-order chi connectivity index (χ1) is 27.1. The van der Waals surface area contributed by atoms with E-state index in [2.05, 4.69) is 218 Å². The van der Waals surface area contributed by atoms with Crippen LogP contribution in [0.15, 0.2) is 182 Å². The number of hydrogen-bond donors (Lipinski definition) is 1. The predicted octanol–water partition coefficient (Wildman–Crippen LogP) is 11.9. The summed E-state index contributed by atoms with van der Waals surface area (Å²) < 4.78 is 2.55. The summed E-state index contributed by atoms with van der Waals surface area (Å²) in [5.41, 5.74) is 19.2. The van der Waals surface area contributed by atoms with Gasteiger partial charge in [0, 0.05) is 50.2 Å². The van der Waals surface area contributed by atoms with Gasteiger partial charge in [-0.05, 0) is 93.9 Å². The van der Waals surface area contributed by atoms with Gasteiger partial charge in [-0.25, -0.2) is 0 Å². The molecule has 1 aliphatic heterocycles. The zero-order valence-corrected chi connectivity index (χ0v) is 30.8. The summed E-state index contributed by atoms with van der Waals surface area (Å²) in [6.07, 6.45) is 0. The van der Waals surface area contributed by atoms with E-state index in [-0.39, 0.29) is 5.41 Å². The van der Waals surface area contributed by atoms with Crippen LogP contribution in [0.1, 0.15) is 25.0 Å². The molecule has 0 saturated carbocycles. The minimum Gasteiger partial charge on any atom is -0.355 e. The van der Waals surface area contributed by atoms with Gasteiger partial charge in [0.05, 0.1) is 16.7 Å². The Bertz CT molecular complexity index is 2910. The van der Waals surface area contributed by atoms with Crippen LogP contribution >= 0.6 is 0 Å². The molecule has 3 nitrogen and oxygen atoms in total. The summed E-state index contributed by atoms with van der Waals surface area (Å²) in [4.78, 5) is 2.43. The molecule has 1 aliphatic carbocycles. The average molecular weight is 703 g/mol. The molecule has 0 amide bonds. The molecule has 2 heterocycles. The van der Waals surface area contributed by atoms with Crippen LogP contribution in [0.25, 0.3) is 49.7 Å². The fourth-order valence-corrected chi connectivity index (χ4v) is 9.27. The number of nitrogens with one attached hydrogen (secondary N) is 1. The second-order valence-electron chi connectivity index (χ2n) is 15.2. The third-order valence-corrected chi connectivity index (χ3v) is 11.8. The molecule has 1 radical (unpaired) electrons. The second-order valence-corrected chi connectivity index (χ2v) is 15.2. The van der Waals surface area contributed by atoms with Crippen molar-refractivity contribution in [2.24, 2.45) is 0 Å². The van der Waals surface area contributed by atoms with Crippen molar-refractivity contribution in [3.63, 3.8) is 0 Å². The number of anilines is 5. The van der Waals surface area contributed by atoms with Crippen molar-refractivity contribution in [2.45, 2.75) is 19.3 Å². The zero-order valence-electron chi connectivity index (χ0n) is 30.8. The van der Waals surface area contributed by atoms with E-state index in [0.717, 1.165) is 34.0 Å². The molecule has 8 aromatic carbocycles. The highest BCUT2D eigenvalue weighted by atomic mass is 15.1. The van der Waals surface area contributed by atoms with Crippen molar-refractivity contribution >= 4 is 68.4 Å². The van der Waals surface area contributed by atoms with E-state index >= 15 is 0 Å². The summed E-state index contributed by atoms with van der Waals surface area (Å²) in [7, 11) is 2.46. The topological polar surface area (TPSA) is 20.2 Å². The molecular formula is C51H37BN3. The minimum atomic E-state index is -0.103. The normalized spacial score (nSPS) is 13.2. The summed E-state index contributed by atoms with van der Waals surface area (Å²) in [6, 6.07) is 66.1. The fourth-order valence-electron chi connectivity index (χ4n) is 9.27. The first kappa shape index (κ1) is 31.7. The molecule has 2 aliphatic rings. The zero-order chi connectivity index (χ0) is 36.7. The van der Waals surface area contributed by atoms with Crippen LogP contribution in [-0.2, 0) is 5.41 Å². The molecule has 55 heavy (non-hydrogen) atoms. The first-order valence-electron chi connectivity index (χ1n) is 19.1. The maximum atomic E-state index is 3.78. The van der Waals surface area contributed by atoms with Gasteiger partial charge in [-0.15, -0.1) is 0 Å². The fraction of sp³-hybridized carbons (Fsp3) is 0.0588. The molecule has 0 bridgehead atoms. The van der Waals surface area contributed by atoms with Gasteiger partial charge in [0.25, 0.3) is 0 Å². The molecule has 0 fully saturated rings. The van der Waals surface area contributed by atoms with Gasteiger partial charge >= 0.3 is 0 Å². The summed E-state index contributed by atoms with van der Waals surface area (Å²) in [6.45, 7) is 4.74. The molecule has 259 valence electrons. The van der Waals surface area contributed by atoms with Gasteiger partial charge in [-0.3, -0.25) is 0 Å². The molecule has 0 saturated heterocycles. The van der Waals surface area contributed by atoms with Crippen LogP contribution in [0.5, 0.6) is 0 Å². The van der Waals surface area contributed by atoms with Crippen LogP contribution in [0.4, 0.5) is 28.4 Å². The highest BCUT2D eigenvalue weighted by molar-refractivity contribution is 6.73. The standard InChI is InChI=1S/C51H37BN3/c1-51(2)41-27-15-12-24-36(41)39-30-46-43(32-42(39)51)52-49-40(37-25-13-16-28-44(37)53-33-18-6-3-7-19-33)31-47(48-38-26-14-17-29-45(38)55(46)50(48)49)54(34-20-8-4-9-21-34)35-22-10-5-11-23-35/h3-32,53H,1-2H3. The maximum absolute atomic E-state index is 3.78. The van der Waals surface area contributed by atoms with E-state index in [1.807, 2.05) is 0 Å². The van der Waals surface area contributed by atoms with E-state index < -0.39 is 0 Å².